The Morgan fingerprint density at radius 3 is 2.41 bits per heavy atom. The van der Waals surface area contributed by atoms with Crippen LogP contribution in [0.1, 0.15) is 17.3 Å². The summed E-state index contributed by atoms with van der Waals surface area (Å²) >= 11 is 0. The van der Waals surface area contributed by atoms with E-state index < -0.39 is 21.7 Å². The molecule has 0 spiro atoms. The number of rotatable bonds is 5. The van der Waals surface area contributed by atoms with Crippen LogP contribution in [0.2, 0.25) is 0 Å². The maximum atomic E-state index is 12.8. The van der Waals surface area contributed by atoms with E-state index >= 15 is 0 Å². The van der Waals surface area contributed by atoms with Gasteiger partial charge < -0.3 is 4.74 Å². The van der Waals surface area contributed by atoms with E-state index in [0.717, 1.165) is 3.97 Å². The third-order valence-corrected chi connectivity index (χ3v) is 5.32. The number of hydrogen-bond acceptors (Lipinski definition) is 6. The van der Waals surface area contributed by atoms with E-state index in [1.165, 1.54) is 31.4 Å². The van der Waals surface area contributed by atoms with Crippen molar-refractivity contribution in [1.82, 2.24) is 3.97 Å². The number of pyridine rings is 1. The first-order valence-electron chi connectivity index (χ1n) is 8.12. The third kappa shape index (κ3) is 3.49. The lowest BCUT2D eigenvalue weighted by molar-refractivity contribution is 0.0601. The van der Waals surface area contributed by atoms with Gasteiger partial charge in [-0.15, -0.1) is 0 Å². The first kappa shape index (κ1) is 18.8. The number of methoxy groups -OCH3 is 1. The Hall–Kier alpha value is -2.97. The summed E-state index contributed by atoms with van der Waals surface area (Å²) < 4.78 is 36.2. The molecule has 0 aliphatic rings. The van der Waals surface area contributed by atoms with Crippen molar-refractivity contribution >= 4 is 27.2 Å². The van der Waals surface area contributed by atoms with Crippen LogP contribution >= 0.6 is 0 Å². The highest BCUT2D eigenvalue weighted by molar-refractivity contribution is 7.85. The molecule has 0 radical (unpaired) electrons. The zero-order chi connectivity index (χ0) is 19.6. The summed E-state index contributed by atoms with van der Waals surface area (Å²) in [6, 6.07) is 14.0. The summed E-state index contributed by atoms with van der Waals surface area (Å²) in [4.78, 5) is 24.4. The average Bonchev–Trinajstić information content (AvgIpc) is 2.67. The predicted molar refractivity (Wildman–Crippen MR) is 101 cm³/mol. The van der Waals surface area contributed by atoms with E-state index in [0.29, 0.717) is 5.56 Å². The van der Waals surface area contributed by atoms with Gasteiger partial charge in [0.25, 0.3) is 0 Å². The first-order valence-corrected chi connectivity index (χ1v) is 9.49. The molecule has 0 N–H and O–H groups in total. The fourth-order valence-corrected chi connectivity index (χ4v) is 4.00. The normalized spacial score (nSPS) is 11.5. The van der Waals surface area contributed by atoms with Gasteiger partial charge in [0.15, 0.2) is 5.43 Å². The lowest BCUT2D eigenvalue weighted by Crippen LogP contribution is -2.22. The number of fused-ring (bicyclic) bond motifs is 1. The van der Waals surface area contributed by atoms with Gasteiger partial charge in [0.05, 0.1) is 30.5 Å². The van der Waals surface area contributed by atoms with E-state index in [1.54, 1.807) is 37.3 Å². The molecule has 140 valence electrons. The minimum atomic E-state index is -4.21. The minimum Gasteiger partial charge on any atom is -0.465 e. The quantitative estimate of drug-likeness (QED) is 0.625. The highest BCUT2D eigenvalue weighted by Crippen LogP contribution is 2.26. The molecule has 3 rings (SSSR count). The number of nitrogens with zero attached hydrogens (tertiary/aromatic N) is 1. The molecule has 0 unspecified atom stereocenters. The Balaban J connectivity index is 2.43. The number of ether oxygens (including phenoxy) is 1. The Bertz CT molecular complexity index is 1170. The van der Waals surface area contributed by atoms with Crippen molar-refractivity contribution in [3.05, 3.63) is 70.4 Å². The smallest absolute Gasteiger partial charge is 0.366 e. The Morgan fingerprint density at radius 1 is 1.07 bits per heavy atom. The van der Waals surface area contributed by atoms with E-state index in [-0.39, 0.29) is 28.8 Å². The molecule has 8 heteroatoms. The fourth-order valence-electron chi connectivity index (χ4n) is 2.80. The van der Waals surface area contributed by atoms with Crippen molar-refractivity contribution in [2.24, 2.45) is 0 Å². The highest BCUT2D eigenvalue weighted by atomic mass is 32.2. The Morgan fingerprint density at radius 2 is 1.78 bits per heavy atom. The van der Waals surface area contributed by atoms with Gasteiger partial charge in [0.1, 0.15) is 0 Å². The molecule has 2 aromatic carbocycles. The summed E-state index contributed by atoms with van der Waals surface area (Å²) in [6.45, 7) is 1.49. The topological polar surface area (TPSA) is 91.7 Å². The molecule has 0 saturated carbocycles. The molecule has 0 atom stereocenters. The van der Waals surface area contributed by atoms with Crippen LogP contribution < -0.4 is 5.43 Å². The van der Waals surface area contributed by atoms with Gasteiger partial charge in [-0.2, -0.15) is 8.42 Å². The maximum absolute atomic E-state index is 12.8. The summed E-state index contributed by atoms with van der Waals surface area (Å²) in [5.74, 6) is -0.623. The van der Waals surface area contributed by atoms with Gasteiger partial charge in [-0.05, 0) is 30.7 Å². The van der Waals surface area contributed by atoms with Gasteiger partial charge in [-0.25, -0.2) is 8.77 Å². The zero-order valence-corrected chi connectivity index (χ0v) is 15.5. The monoisotopic (exact) mass is 387 g/mol. The van der Waals surface area contributed by atoms with Gasteiger partial charge in [0, 0.05) is 11.5 Å². The van der Waals surface area contributed by atoms with Crippen LogP contribution in [0.3, 0.4) is 0 Å². The van der Waals surface area contributed by atoms with Crippen molar-refractivity contribution in [3.63, 3.8) is 0 Å². The van der Waals surface area contributed by atoms with Crippen LogP contribution in [0, 0.1) is 0 Å². The Kier molecular flexibility index (Phi) is 5.11. The molecule has 0 aliphatic heterocycles. The van der Waals surface area contributed by atoms with Crippen LogP contribution in [-0.4, -0.2) is 32.1 Å². The Labute approximate surface area is 156 Å². The summed E-state index contributed by atoms with van der Waals surface area (Å²) in [6.07, 6.45) is 0. The van der Waals surface area contributed by atoms with Crippen LogP contribution in [0.15, 0.2) is 59.4 Å². The van der Waals surface area contributed by atoms with Gasteiger partial charge in [-0.1, -0.05) is 30.3 Å². The number of carbonyl (C=O) groups is 1. The number of esters is 1. The number of carbonyl (C=O) groups excluding carboxylic acids is 1. The lowest BCUT2D eigenvalue weighted by Gasteiger charge is -2.17. The van der Waals surface area contributed by atoms with E-state index in [1.807, 2.05) is 0 Å². The lowest BCUT2D eigenvalue weighted by atomic mass is 10.1. The number of aromatic nitrogens is 1. The molecule has 1 heterocycles. The van der Waals surface area contributed by atoms with E-state index in [9.17, 15) is 18.0 Å². The van der Waals surface area contributed by atoms with Crippen molar-refractivity contribution < 1.29 is 22.1 Å². The zero-order valence-electron chi connectivity index (χ0n) is 14.7. The maximum Gasteiger partial charge on any atom is 0.366 e. The fraction of sp³-hybridized carbons (Fsp3) is 0.158. The molecular weight excluding hydrogens is 370 g/mol. The van der Waals surface area contributed by atoms with Crippen molar-refractivity contribution in [2.75, 3.05) is 13.7 Å². The molecule has 7 nitrogen and oxygen atoms in total. The van der Waals surface area contributed by atoms with Gasteiger partial charge in [-0.3, -0.25) is 8.98 Å². The largest absolute Gasteiger partial charge is 0.465 e. The van der Waals surface area contributed by atoms with E-state index in [4.69, 9.17) is 4.18 Å². The molecule has 0 bridgehead atoms. The van der Waals surface area contributed by atoms with Gasteiger partial charge in [0.2, 0.25) is 0 Å². The molecule has 1 aromatic heterocycles. The second kappa shape index (κ2) is 7.34. The van der Waals surface area contributed by atoms with Crippen LogP contribution in [0.5, 0.6) is 0 Å². The standard InChI is InChI=1S/C19H17NO6S/c1-3-26-27(23,24)20-16-10-9-14(19(22)25-2)11-15(16)18(21)12-17(20)13-7-5-4-6-8-13/h4-12H,3H2,1-2H3. The second-order valence-corrected chi connectivity index (χ2v) is 7.07. The van der Waals surface area contributed by atoms with Crippen molar-refractivity contribution in [1.29, 1.82) is 0 Å². The van der Waals surface area contributed by atoms with Crippen LogP contribution in [0.4, 0.5) is 0 Å². The van der Waals surface area contributed by atoms with Crippen molar-refractivity contribution in [2.45, 2.75) is 6.92 Å². The molecule has 0 amide bonds. The van der Waals surface area contributed by atoms with Crippen LogP contribution in [-0.2, 0) is 19.2 Å². The molecule has 0 saturated heterocycles. The number of hydrogen-bond donors (Lipinski definition) is 0. The summed E-state index contributed by atoms with van der Waals surface area (Å²) in [5.41, 5.74) is 0.555. The first-order chi connectivity index (χ1) is 12.9. The average molecular weight is 387 g/mol. The van der Waals surface area contributed by atoms with Crippen LogP contribution in [0.25, 0.3) is 22.2 Å². The second-order valence-electron chi connectivity index (χ2n) is 5.61. The summed E-state index contributed by atoms with van der Waals surface area (Å²) in [7, 11) is -2.98. The van der Waals surface area contributed by atoms with Crippen molar-refractivity contribution in [3.8, 4) is 11.3 Å². The third-order valence-electron chi connectivity index (χ3n) is 3.95. The van der Waals surface area contributed by atoms with Gasteiger partial charge >= 0.3 is 16.3 Å². The minimum absolute atomic E-state index is 0.0651. The molecule has 27 heavy (non-hydrogen) atoms. The SMILES string of the molecule is CCOS(=O)(=O)n1c(-c2ccccc2)cc(=O)c2cc(C(=O)OC)ccc21. The molecule has 0 aliphatic carbocycles. The molecule has 0 fully saturated rings. The van der Waals surface area contributed by atoms with E-state index in [2.05, 4.69) is 4.74 Å². The molecule has 3 aromatic rings. The number of benzene rings is 2. The molecular formula is C19H17NO6S. The highest BCUT2D eigenvalue weighted by Gasteiger charge is 2.22. The predicted octanol–water partition coefficient (Wildman–Crippen LogP) is 2.58. The summed E-state index contributed by atoms with van der Waals surface area (Å²) in [5, 5.41) is 0.0702.